The Morgan fingerprint density at radius 1 is 0.846 bits per heavy atom. The van der Waals surface area contributed by atoms with Gasteiger partial charge in [-0.05, 0) is 41.0 Å². The molecule has 0 spiro atoms. The fourth-order valence-electron chi connectivity index (χ4n) is 3.30. The van der Waals surface area contributed by atoms with Crippen molar-refractivity contribution in [1.82, 2.24) is 0 Å². The van der Waals surface area contributed by atoms with Crippen molar-refractivity contribution in [2.45, 2.75) is 13.8 Å². The maximum absolute atomic E-state index is 10.5. The number of aromatic hydroxyl groups is 1. The topological polar surface area (TPSA) is 31.5 Å². The number of hydrogen-bond acceptors (Lipinski definition) is 1. The number of hydrogen-bond donors (Lipinski definition) is 1. The number of benzene rings is 3. The van der Waals surface area contributed by atoms with Gasteiger partial charge in [0, 0.05) is 17.7 Å². The molecule has 3 aromatic carbocycles. The molecule has 0 amide bonds. The van der Waals surface area contributed by atoms with E-state index in [1.165, 1.54) is 0 Å². The van der Waals surface area contributed by atoms with E-state index < -0.39 is 0 Å². The van der Waals surface area contributed by atoms with Crippen LogP contribution in [0.1, 0.15) is 25.2 Å². The largest absolute Gasteiger partial charge is 0.507 e. The molecule has 0 saturated carbocycles. The zero-order valence-corrected chi connectivity index (χ0v) is 14.9. The summed E-state index contributed by atoms with van der Waals surface area (Å²) in [6.07, 6.45) is 2.05. The quantitative estimate of drug-likeness (QED) is 0.417. The van der Waals surface area contributed by atoms with E-state index in [1.54, 1.807) is 6.07 Å². The van der Waals surface area contributed by atoms with Gasteiger partial charge in [-0.1, -0.05) is 56.3 Å². The normalized spacial score (nSPS) is 12.2. The van der Waals surface area contributed by atoms with Gasteiger partial charge in [0.2, 0.25) is 0 Å². The van der Waals surface area contributed by atoms with E-state index in [2.05, 4.69) is 32.1 Å². The monoisotopic (exact) mass is 341 g/mol. The molecule has 0 atom stereocenters. The molecule has 1 N–H and O–H groups in total. The molecule has 0 aliphatic heterocycles. The van der Waals surface area contributed by atoms with E-state index in [0.29, 0.717) is 0 Å². The fourth-order valence-corrected chi connectivity index (χ4v) is 3.30. The highest BCUT2D eigenvalue weighted by molar-refractivity contribution is 5.97. The van der Waals surface area contributed by atoms with Gasteiger partial charge in [0.1, 0.15) is 5.75 Å². The standard InChI is InChI=1S/C24H20O2/c1-16(2)20(24-14-12-18-8-4-6-10-23(18)26-24)15-21-19-9-5-3-7-17(19)11-13-22(21)25/h3-16H,1-2H3/p+1/b20-15-. The number of rotatable bonds is 3. The average molecular weight is 341 g/mol. The maximum atomic E-state index is 10.5. The lowest BCUT2D eigenvalue weighted by Crippen LogP contribution is -1.95. The summed E-state index contributed by atoms with van der Waals surface area (Å²) >= 11 is 0. The predicted octanol–water partition coefficient (Wildman–Crippen LogP) is 6.77. The number of para-hydroxylation sites is 1. The van der Waals surface area contributed by atoms with Crippen LogP contribution >= 0.6 is 0 Å². The second kappa shape index (κ2) is 6.64. The third-order valence-electron chi connectivity index (χ3n) is 4.71. The summed E-state index contributed by atoms with van der Waals surface area (Å²) in [5.41, 5.74) is 2.75. The van der Waals surface area contributed by atoms with Crippen molar-refractivity contribution in [3.8, 4) is 5.75 Å². The molecule has 0 bridgehead atoms. The predicted molar refractivity (Wildman–Crippen MR) is 109 cm³/mol. The van der Waals surface area contributed by atoms with Crippen molar-refractivity contribution in [2.75, 3.05) is 0 Å². The second-order valence-corrected chi connectivity index (χ2v) is 6.81. The summed E-state index contributed by atoms with van der Waals surface area (Å²) in [5, 5.41) is 13.7. The van der Waals surface area contributed by atoms with Crippen molar-refractivity contribution in [1.29, 1.82) is 0 Å². The molecule has 1 heterocycles. The van der Waals surface area contributed by atoms with Crippen molar-refractivity contribution < 1.29 is 9.52 Å². The average Bonchev–Trinajstić information content (AvgIpc) is 2.66. The van der Waals surface area contributed by atoms with Crippen LogP contribution in [0.3, 0.4) is 0 Å². The highest BCUT2D eigenvalue weighted by Crippen LogP contribution is 2.34. The maximum Gasteiger partial charge on any atom is 0.360 e. The molecule has 4 rings (SSSR count). The SMILES string of the molecule is CC(C)/C(=C/c1c(O)ccc2ccccc12)c1ccc2ccccc2[o+]1. The van der Waals surface area contributed by atoms with Crippen LogP contribution in [-0.2, 0) is 0 Å². The second-order valence-electron chi connectivity index (χ2n) is 6.81. The van der Waals surface area contributed by atoms with Crippen LogP contribution in [0.15, 0.2) is 77.2 Å². The van der Waals surface area contributed by atoms with E-state index >= 15 is 0 Å². The van der Waals surface area contributed by atoms with Gasteiger partial charge >= 0.3 is 11.3 Å². The van der Waals surface area contributed by atoms with Crippen molar-refractivity contribution in [2.24, 2.45) is 5.92 Å². The smallest absolute Gasteiger partial charge is 0.360 e. The van der Waals surface area contributed by atoms with Crippen molar-refractivity contribution in [3.05, 3.63) is 84.1 Å². The van der Waals surface area contributed by atoms with Gasteiger partial charge in [0.25, 0.3) is 0 Å². The minimum absolute atomic E-state index is 0.248. The first kappa shape index (κ1) is 16.3. The molecule has 1 aromatic heterocycles. The Bertz CT molecular complexity index is 1120. The molecule has 0 aliphatic carbocycles. The molecular formula is C24H21O2+. The van der Waals surface area contributed by atoms with Gasteiger partial charge in [-0.25, -0.2) is 4.42 Å². The van der Waals surface area contributed by atoms with E-state index in [0.717, 1.165) is 38.6 Å². The molecule has 128 valence electrons. The Kier molecular flexibility index (Phi) is 4.18. The van der Waals surface area contributed by atoms with Crippen LogP contribution in [0.25, 0.3) is 33.4 Å². The van der Waals surface area contributed by atoms with Gasteiger partial charge in [-0.3, -0.25) is 0 Å². The van der Waals surface area contributed by atoms with Gasteiger partial charge < -0.3 is 5.11 Å². The minimum atomic E-state index is 0.248. The zero-order valence-electron chi connectivity index (χ0n) is 14.9. The molecular weight excluding hydrogens is 320 g/mol. The highest BCUT2D eigenvalue weighted by Gasteiger charge is 2.21. The Balaban J connectivity index is 1.93. The summed E-state index contributed by atoms with van der Waals surface area (Å²) < 4.78 is 6.16. The Hall–Kier alpha value is -3.13. The molecule has 0 saturated heterocycles. The number of phenolic OH excluding ortho intramolecular Hbond substituents is 1. The van der Waals surface area contributed by atoms with Gasteiger partial charge in [0.15, 0.2) is 0 Å². The van der Waals surface area contributed by atoms with Crippen LogP contribution < -0.4 is 0 Å². The fraction of sp³-hybridized carbons (Fsp3) is 0.125. The third kappa shape index (κ3) is 2.95. The number of fused-ring (bicyclic) bond motifs is 2. The van der Waals surface area contributed by atoms with E-state index in [-0.39, 0.29) is 11.7 Å². The van der Waals surface area contributed by atoms with Crippen LogP contribution in [0.2, 0.25) is 0 Å². The Morgan fingerprint density at radius 2 is 1.54 bits per heavy atom. The lowest BCUT2D eigenvalue weighted by atomic mass is 9.94. The minimum Gasteiger partial charge on any atom is -0.507 e. The molecule has 0 fully saturated rings. The molecule has 0 aliphatic rings. The summed E-state index contributed by atoms with van der Waals surface area (Å²) in [6, 6.07) is 23.9. The van der Waals surface area contributed by atoms with Crippen LogP contribution in [0.4, 0.5) is 0 Å². The zero-order chi connectivity index (χ0) is 18.1. The third-order valence-corrected chi connectivity index (χ3v) is 4.71. The number of phenols is 1. The van der Waals surface area contributed by atoms with Crippen molar-refractivity contribution >= 4 is 33.4 Å². The van der Waals surface area contributed by atoms with E-state index in [9.17, 15) is 5.11 Å². The Morgan fingerprint density at radius 3 is 2.35 bits per heavy atom. The highest BCUT2D eigenvalue weighted by atomic mass is 16.3. The summed E-state index contributed by atoms with van der Waals surface area (Å²) in [6.45, 7) is 4.28. The van der Waals surface area contributed by atoms with Crippen LogP contribution in [0, 0.1) is 5.92 Å². The van der Waals surface area contributed by atoms with Gasteiger partial charge in [-0.2, -0.15) is 0 Å². The molecule has 2 heteroatoms. The van der Waals surface area contributed by atoms with E-state index in [1.807, 2.05) is 54.6 Å². The molecule has 26 heavy (non-hydrogen) atoms. The lowest BCUT2D eigenvalue weighted by molar-refractivity contribution is 0.475. The summed E-state index contributed by atoms with van der Waals surface area (Å²) in [4.78, 5) is 0. The first-order valence-electron chi connectivity index (χ1n) is 8.88. The van der Waals surface area contributed by atoms with Crippen LogP contribution in [0.5, 0.6) is 5.75 Å². The molecule has 0 radical (unpaired) electrons. The van der Waals surface area contributed by atoms with Crippen molar-refractivity contribution in [3.63, 3.8) is 0 Å². The summed E-state index contributed by atoms with van der Waals surface area (Å²) in [5.74, 6) is 1.35. The molecule has 0 unspecified atom stereocenters. The van der Waals surface area contributed by atoms with Crippen LogP contribution in [-0.4, -0.2) is 5.11 Å². The first-order chi connectivity index (χ1) is 12.6. The molecule has 2 nitrogen and oxygen atoms in total. The summed E-state index contributed by atoms with van der Waals surface area (Å²) in [7, 11) is 0. The van der Waals surface area contributed by atoms with E-state index in [4.69, 9.17) is 4.42 Å². The van der Waals surface area contributed by atoms with Gasteiger partial charge in [0.05, 0.1) is 11.0 Å². The first-order valence-corrected chi connectivity index (χ1v) is 8.88. The van der Waals surface area contributed by atoms with Gasteiger partial charge in [-0.15, -0.1) is 0 Å². The molecule has 4 aromatic rings. The Labute approximate surface area is 153 Å². The number of allylic oxidation sites excluding steroid dienone is 1. The lowest BCUT2D eigenvalue weighted by Gasteiger charge is -2.09.